The highest BCUT2D eigenvalue weighted by molar-refractivity contribution is 9.11. The molecule has 0 bridgehead atoms. The summed E-state index contributed by atoms with van der Waals surface area (Å²) in [6, 6.07) is 9.96. The molecule has 0 aliphatic carbocycles. The number of aromatic hydroxyl groups is 1. The van der Waals surface area contributed by atoms with E-state index < -0.39 is 0 Å². The second kappa shape index (κ2) is 4.16. The molecular weight excluding hydrogens is 276 g/mol. The van der Waals surface area contributed by atoms with Crippen molar-refractivity contribution < 1.29 is 9.90 Å². The lowest BCUT2D eigenvalue weighted by Crippen LogP contribution is -1.97. The molecule has 0 spiro atoms. The fraction of sp³-hybridized carbons (Fsp3) is 0. The Bertz CT molecular complexity index is 505. The van der Waals surface area contributed by atoms with Crippen LogP contribution in [-0.2, 0) is 0 Å². The van der Waals surface area contributed by atoms with Gasteiger partial charge in [0.15, 0.2) is 0 Å². The van der Waals surface area contributed by atoms with Gasteiger partial charge in [0.2, 0.25) is 5.78 Å². The average molecular weight is 283 g/mol. The van der Waals surface area contributed by atoms with Gasteiger partial charge in [-0.25, -0.2) is 0 Å². The monoisotopic (exact) mass is 282 g/mol. The molecule has 1 heterocycles. The Morgan fingerprint density at radius 2 is 2.07 bits per heavy atom. The van der Waals surface area contributed by atoms with Gasteiger partial charge in [-0.15, -0.1) is 11.3 Å². The van der Waals surface area contributed by atoms with Crippen LogP contribution in [0, 0.1) is 0 Å². The molecular formula is C11H7BrO2S. The summed E-state index contributed by atoms with van der Waals surface area (Å²) in [5.74, 6) is 0.0399. The number of hydrogen-bond donors (Lipinski definition) is 1. The number of carbonyl (C=O) groups excluding carboxylic acids is 1. The summed E-state index contributed by atoms with van der Waals surface area (Å²) in [7, 11) is 0. The van der Waals surface area contributed by atoms with Crippen molar-refractivity contribution in [2.24, 2.45) is 0 Å². The van der Waals surface area contributed by atoms with E-state index in [4.69, 9.17) is 0 Å². The minimum absolute atomic E-state index is 0.0680. The lowest BCUT2D eigenvalue weighted by atomic mass is 10.1. The van der Waals surface area contributed by atoms with Gasteiger partial charge in [0.1, 0.15) is 5.75 Å². The van der Waals surface area contributed by atoms with E-state index in [0.29, 0.717) is 10.4 Å². The van der Waals surface area contributed by atoms with E-state index in [9.17, 15) is 9.90 Å². The summed E-state index contributed by atoms with van der Waals surface area (Å²) in [6.45, 7) is 0. The first-order valence-electron chi connectivity index (χ1n) is 4.26. The normalized spacial score (nSPS) is 10.2. The van der Waals surface area contributed by atoms with Gasteiger partial charge in [-0.1, -0.05) is 12.1 Å². The van der Waals surface area contributed by atoms with E-state index >= 15 is 0 Å². The van der Waals surface area contributed by atoms with E-state index in [1.54, 1.807) is 24.3 Å². The van der Waals surface area contributed by atoms with Crippen LogP contribution < -0.4 is 0 Å². The third-order valence-electron chi connectivity index (χ3n) is 1.91. The molecule has 1 N–H and O–H groups in total. The van der Waals surface area contributed by atoms with Gasteiger partial charge in [-0.2, -0.15) is 0 Å². The minimum Gasteiger partial charge on any atom is -0.508 e. The summed E-state index contributed by atoms with van der Waals surface area (Å²) in [5.41, 5.74) is 0.504. The molecule has 1 aromatic heterocycles. The first-order valence-corrected chi connectivity index (χ1v) is 5.87. The fourth-order valence-electron chi connectivity index (χ4n) is 1.23. The van der Waals surface area contributed by atoms with E-state index in [1.165, 1.54) is 17.4 Å². The molecule has 0 amide bonds. The van der Waals surface area contributed by atoms with Crippen LogP contribution in [0.5, 0.6) is 5.75 Å². The van der Waals surface area contributed by atoms with Gasteiger partial charge in [-0.3, -0.25) is 4.79 Å². The largest absolute Gasteiger partial charge is 0.508 e. The standard InChI is InChI=1S/C11H7BrO2S/c12-10-5-4-9(15-10)11(14)7-2-1-3-8(13)6-7/h1-6,13H. The Hall–Kier alpha value is -1.13. The molecule has 0 atom stereocenters. The van der Waals surface area contributed by atoms with Gasteiger partial charge in [0.25, 0.3) is 0 Å². The number of phenolic OH excluding ortho intramolecular Hbond substituents is 1. The van der Waals surface area contributed by atoms with Crippen molar-refractivity contribution >= 4 is 33.0 Å². The molecule has 0 saturated heterocycles. The zero-order chi connectivity index (χ0) is 10.8. The van der Waals surface area contributed by atoms with Crippen LogP contribution in [-0.4, -0.2) is 10.9 Å². The molecule has 76 valence electrons. The Morgan fingerprint density at radius 3 is 2.67 bits per heavy atom. The summed E-state index contributed by atoms with van der Waals surface area (Å²) < 4.78 is 0.922. The Labute approximate surface area is 99.3 Å². The molecule has 2 aromatic rings. The Balaban J connectivity index is 2.36. The number of ketones is 1. The van der Waals surface area contributed by atoms with Crippen molar-refractivity contribution in [1.29, 1.82) is 0 Å². The van der Waals surface area contributed by atoms with Gasteiger partial charge >= 0.3 is 0 Å². The third kappa shape index (κ3) is 2.27. The maximum atomic E-state index is 11.9. The number of hydrogen-bond acceptors (Lipinski definition) is 3. The highest BCUT2D eigenvalue weighted by Crippen LogP contribution is 2.25. The summed E-state index contributed by atoms with van der Waals surface area (Å²) in [5, 5.41) is 9.26. The zero-order valence-electron chi connectivity index (χ0n) is 7.61. The molecule has 15 heavy (non-hydrogen) atoms. The minimum atomic E-state index is -0.0680. The smallest absolute Gasteiger partial charge is 0.203 e. The molecule has 0 fully saturated rings. The van der Waals surface area contributed by atoms with Gasteiger partial charge in [0, 0.05) is 5.56 Å². The van der Waals surface area contributed by atoms with Crippen molar-refractivity contribution in [2.75, 3.05) is 0 Å². The van der Waals surface area contributed by atoms with Gasteiger partial charge in [-0.05, 0) is 40.2 Å². The first-order chi connectivity index (χ1) is 7.16. The van der Waals surface area contributed by atoms with Gasteiger partial charge in [0.05, 0.1) is 8.66 Å². The maximum absolute atomic E-state index is 11.9. The van der Waals surface area contributed by atoms with Crippen LogP contribution in [0.3, 0.4) is 0 Å². The van der Waals surface area contributed by atoms with Crippen molar-refractivity contribution in [2.45, 2.75) is 0 Å². The molecule has 0 saturated carbocycles. The predicted octanol–water partition coefficient (Wildman–Crippen LogP) is 3.45. The van der Waals surface area contributed by atoms with Crippen LogP contribution in [0.2, 0.25) is 0 Å². The van der Waals surface area contributed by atoms with Crippen LogP contribution in [0.4, 0.5) is 0 Å². The summed E-state index contributed by atoms with van der Waals surface area (Å²) >= 11 is 4.69. The number of phenols is 1. The van der Waals surface area contributed by atoms with E-state index in [0.717, 1.165) is 3.79 Å². The van der Waals surface area contributed by atoms with E-state index in [-0.39, 0.29) is 11.5 Å². The fourth-order valence-corrected chi connectivity index (χ4v) is 2.57. The molecule has 2 rings (SSSR count). The Morgan fingerprint density at radius 1 is 1.27 bits per heavy atom. The second-order valence-corrected chi connectivity index (χ2v) is 5.45. The van der Waals surface area contributed by atoms with Crippen LogP contribution >= 0.6 is 27.3 Å². The van der Waals surface area contributed by atoms with E-state index in [1.807, 2.05) is 6.07 Å². The molecule has 0 unspecified atom stereocenters. The molecule has 4 heteroatoms. The Kier molecular flexibility index (Phi) is 2.88. The third-order valence-corrected chi connectivity index (χ3v) is 3.53. The van der Waals surface area contributed by atoms with Crippen LogP contribution in [0.15, 0.2) is 40.2 Å². The average Bonchev–Trinajstić information content (AvgIpc) is 2.64. The number of halogens is 1. The number of benzene rings is 1. The molecule has 1 aromatic carbocycles. The molecule has 0 aliphatic rings. The highest BCUT2D eigenvalue weighted by Gasteiger charge is 2.11. The zero-order valence-corrected chi connectivity index (χ0v) is 10.0. The number of carbonyl (C=O) groups is 1. The van der Waals surface area contributed by atoms with Crippen molar-refractivity contribution in [1.82, 2.24) is 0 Å². The van der Waals surface area contributed by atoms with Crippen LogP contribution in [0.1, 0.15) is 15.2 Å². The topological polar surface area (TPSA) is 37.3 Å². The number of thiophene rings is 1. The lowest BCUT2D eigenvalue weighted by Gasteiger charge is -1.98. The molecule has 0 aliphatic heterocycles. The second-order valence-electron chi connectivity index (χ2n) is 2.98. The maximum Gasteiger partial charge on any atom is 0.203 e. The first kappa shape index (κ1) is 10.4. The molecule has 0 radical (unpaired) electrons. The summed E-state index contributed by atoms with van der Waals surface area (Å²) in [4.78, 5) is 12.6. The lowest BCUT2D eigenvalue weighted by molar-refractivity contribution is 0.104. The van der Waals surface area contributed by atoms with Crippen molar-refractivity contribution in [3.63, 3.8) is 0 Å². The van der Waals surface area contributed by atoms with E-state index in [2.05, 4.69) is 15.9 Å². The van der Waals surface area contributed by atoms with Crippen molar-refractivity contribution in [3.8, 4) is 5.75 Å². The van der Waals surface area contributed by atoms with Gasteiger partial charge < -0.3 is 5.11 Å². The summed E-state index contributed by atoms with van der Waals surface area (Å²) in [6.07, 6.45) is 0. The predicted molar refractivity (Wildman–Crippen MR) is 63.6 cm³/mol. The van der Waals surface area contributed by atoms with Crippen LogP contribution in [0.25, 0.3) is 0 Å². The highest BCUT2D eigenvalue weighted by atomic mass is 79.9. The SMILES string of the molecule is O=C(c1cccc(O)c1)c1ccc(Br)s1. The number of rotatable bonds is 2. The quantitative estimate of drug-likeness (QED) is 0.857. The molecule has 2 nitrogen and oxygen atoms in total. The van der Waals surface area contributed by atoms with Crippen molar-refractivity contribution in [3.05, 3.63) is 50.6 Å².